The van der Waals surface area contributed by atoms with Gasteiger partial charge in [-0.15, -0.1) is 0 Å². The van der Waals surface area contributed by atoms with E-state index in [0.717, 1.165) is 24.2 Å². The number of carbonyl (C=O) groups is 2. The van der Waals surface area contributed by atoms with Gasteiger partial charge in [0.25, 0.3) is 0 Å². The van der Waals surface area contributed by atoms with E-state index in [1.165, 1.54) is 6.08 Å². The van der Waals surface area contributed by atoms with Crippen LogP contribution in [-0.4, -0.2) is 18.4 Å². The number of hydrogen-bond donors (Lipinski definition) is 0. The highest BCUT2D eigenvalue weighted by molar-refractivity contribution is 6.06. The number of ether oxygens (including phenoxy) is 2. The van der Waals surface area contributed by atoms with Gasteiger partial charge < -0.3 is 9.47 Å². The summed E-state index contributed by atoms with van der Waals surface area (Å²) in [7, 11) is 0. The molecule has 140 valence electrons. The van der Waals surface area contributed by atoms with Crippen LogP contribution in [0, 0.1) is 0 Å². The summed E-state index contributed by atoms with van der Waals surface area (Å²) in [4.78, 5) is 23.7. The highest BCUT2D eigenvalue weighted by atomic mass is 16.5. The Morgan fingerprint density at radius 1 is 1.00 bits per heavy atom. The molecule has 0 aromatic heterocycles. The summed E-state index contributed by atoms with van der Waals surface area (Å²) in [5.74, 6) is 0.584. The van der Waals surface area contributed by atoms with Crippen molar-refractivity contribution in [3.05, 3.63) is 77.9 Å². The zero-order valence-electron chi connectivity index (χ0n) is 15.7. The molecule has 0 aliphatic carbocycles. The van der Waals surface area contributed by atoms with Crippen molar-refractivity contribution in [3.63, 3.8) is 0 Å². The van der Waals surface area contributed by atoms with E-state index in [4.69, 9.17) is 9.47 Å². The molecule has 0 amide bonds. The maximum Gasteiger partial charge on any atom is 0.338 e. The van der Waals surface area contributed by atoms with Crippen molar-refractivity contribution in [2.24, 2.45) is 0 Å². The van der Waals surface area contributed by atoms with Gasteiger partial charge in [-0.3, -0.25) is 4.79 Å². The molecular weight excluding hydrogens is 340 g/mol. The van der Waals surface area contributed by atoms with Gasteiger partial charge in [-0.05, 0) is 61.4 Å². The van der Waals surface area contributed by atoms with Crippen LogP contribution >= 0.6 is 0 Å². The predicted octanol–water partition coefficient (Wildman–Crippen LogP) is 5.24. The molecular formula is C23H24O4. The molecule has 0 heterocycles. The molecule has 0 spiro atoms. The van der Waals surface area contributed by atoms with E-state index in [1.54, 1.807) is 37.3 Å². The third-order valence-electron chi connectivity index (χ3n) is 3.77. The normalized spacial score (nSPS) is 10.6. The van der Waals surface area contributed by atoms with Crippen molar-refractivity contribution in [2.45, 2.75) is 26.7 Å². The number of unbranched alkanes of at least 4 members (excludes halogenated alkanes) is 1. The minimum absolute atomic E-state index is 0.129. The average molecular weight is 364 g/mol. The molecule has 0 bridgehead atoms. The molecule has 0 radical (unpaired) electrons. The quantitative estimate of drug-likeness (QED) is 0.201. The van der Waals surface area contributed by atoms with Crippen LogP contribution in [0.15, 0.2) is 66.8 Å². The van der Waals surface area contributed by atoms with Crippen molar-refractivity contribution in [3.8, 4) is 11.5 Å². The molecule has 0 aliphatic heterocycles. The molecule has 0 saturated carbocycles. The molecule has 0 N–H and O–H groups in total. The summed E-state index contributed by atoms with van der Waals surface area (Å²) in [5.41, 5.74) is 1.75. The molecule has 27 heavy (non-hydrogen) atoms. The first-order valence-electron chi connectivity index (χ1n) is 8.92. The topological polar surface area (TPSA) is 52.6 Å². The number of allylic oxidation sites excluding steroid dienone is 1. The van der Waals surface area contributed by atoms with Crippen LogP contribution < -0.4 is 9.47 Å². The van der Waals surface area contributed by atoms with Crippen LogP contribution in [0.2, 0.25) is 0 Å². The van der Waals surface area contributed by atoms with Gasteiger partial charge in [0.05, 0.1) is 6.61 Å². The fourth-order valence-electron chi connectivity index (χ4n) is 2.16. The number of rotatable bonds is 9. The molecule has 0 atom stereocenters. The second-order valence-electron chi connectivity index (χ2n) is 6.16. The van der Waals surface area contributed by atoms with Gasteiger partial charge in [0.1, 0.15) is 11.5 Å². The second-order valence-corrected chi connectivity index (χ2v) is 6.16. The number of benzene rings is 2. The first-order valence-corrected chi connectivity index (χ1v) is 8.92. The van der Waals surface area contributed by atoms with Crippen LogP contribution in [0.3, 0.4) is 0 Å². The van der Waals surface area contributed by atoms with Gasteiger partial charge in [-0.25, -0.2) is 4.79 Å². The van der Waals surface area contributed by atoms with Crippen molar-refractivity contribution in [1.29, 1.82) is 0 Å². The van der Waals surface area contributed by atoms with Crippen molar-refractivity contribution >= 4 is 17.8 Å². The lowest BCUT2D eigenvalue weighted by molar-refractivity contribution is -0.130. The minimum atomic E-state index is -0.490. The van der Waals surface area contributed by atoms with Gasteiger partial charge in [-0.1, -0.05) is 38.1 Å². The third-order valence-corrected chi connectivity index (χ3v) is 3.77. The number of carbonyl (C=O) groups excluding carboxylic acids is 2. The Balaban J connectivity index is 1.94. The van der Waals surface area contributed by atoms with E-state index >= 15 is 0 Å². The Kier molecular flexibility index (Phi) is 7.56. The Hall–Kier alpha value is -3.14. The van der Waals surface area contributed by atoms with E-state index in [9.17, 15) is 9.59 Å². The van der Waals surface area contributed by atoms with Crippen molar-refractivity contribution < 1.29 is 19.1 Å². The van der Waals surface area contributed by atoms with Crippen molar-refractivity contribution in [2.75, 3.05) is 6.61 Å². The Morgan fingerprint density at radius 3 is 2.22 bits per heavy atom. The number of esters is 1. The molecule has 0 saturated heterocycles. The largest absolute Gasteiger partial charge is 0.494 e. The second kappa shape index (κ2) is 10.1. The maximum absolute atomic E-state index is 12.3. The Labute approximate surface area is 160 Å². The van der Waals surface area contributed by atoms with E-state index in [0.29, 0.717) is 23.5 Å². The van der Waals surface area contributed by atoms with E-state index in [-0.39, 0.29) is 5.78 Å². The Morgan fingerprint density at radius 2 is 1.63 bits per heavy atom. The van der Waals surface area contributed by atoms with E-state index in [2.05, 4.69) is 13.5 Å². The standard InChI is InChI=1S/C23H24O4/c1-4-5-16-26-20-11-6-18(7-12-20)8-15-22(24)19-9-13-21(14-10-19)27-23(25)17(2)3/h6-15H,2,4-5,16H2,1,3H3. The van der Waals surface area contributed by atoms with Crippen LogP contribution in [0.1, 0.15) is 42.6 Å². The highest BCUT2D eigenvalue weighted by Gasteiger charge is 2.07. The summed E-state index contributed by atoms with van der Waals surface area (Å²) in [6.45, 7) is 7.94. The van der Waals surface area contributed by atoms with Gasteiger partial charge in [0.15, 0.2) is 5.78 Å². The first kappa shape index (κ1) is 20.2. The van der Waals surface area contributed by atoms with E-state index < -0.39 is 5.97 Å². The average Bonchev–Trinajstić information content (AvgIpc) is 2.67. The minimum Gasteiger partial charge on any atom is -0.494 e. The van der Waals surface area contributed by atoms with E-state index in [1.807, 2.05) is 24.3 Å². The number of ketones is 1. The monoisotopic (exact) mass is 364 g/mol. The smallest absolute Gasteiger partial charge is 0.338 e. The SMILES string of the molecule is C=C(C)C(=O)Oc1ccc(C(=O)C=Cc2ccc(OCCCC)cc2)cc1. The highest BCUT2D eigenvalue weighted by Crippen LogP contribution is 2.16. The molecule has 4 nitrogen and oxygen atoms in total. The van der Waals surface area contributed by atoms with Crippen molar-refractivity contribution in [1.82, 2.24) is 0 Å². The maximum atomic E-state index is 12.3. The third kappa shape index (κ3) is 6.59. The molecule has 4 heteroatoms. The van der Waals surface area contributed by atoms with Crippen LogP contribution in [0.25, 0.3) is 6.08 Å². The lowest BCUT2D eigenvalue weighted by Crippen LogP contribution is -2.08. The summed E-state index contributed by atoms with van der Waals surface area (Å²) in [5, 5.41) is 0. The van der Waals surface area contributed by atoms with Gasteiger partial charge in [0.2, 0.25) is 0 Å². The predicted molar refractivity (Wildman–Crippen MR) is 107 cm³/mol. The Bertz CT molecular complexity index is 814. The van der Waals surface area contributed by atoms with Gasteiger partial charge in [0, 0.05) is 11.1 Å². The van der Waals surface area contributed by atoms with Crippen LogP contribution in [-0.2, 0) is 4.79 Å². The molecule has 0 aliphatic rings. The fraction of sp³-hybridized carbons (Fsp3) is 0.217. The molecule has 2 aromatic rings. The molecule has 2 rings (SSSR count). The lowest BCUT2D eigenvalue weighted by atomic mass is 10.1. The van der Waals surface area contributed by atoms with Gasteiger partial charge in [-0.2, -0.15) is 0 Å². The fourth-order valence-corrected chi connectivity index (χ4v) is 2.16. The summed E-state index contributed by atoms with van der Waals surface area (Å²) < 4.78 is 10.7. The zero-order chi connectivity index (χ0) is 19.6. The number of hydrogen-bond acceptors (Lipinski definition) is 4. The van der Waals surface area contributed by atoms with Crippen LogP contribution in [0.5, 0.6) is 11.5 Å². The van der Waals surface area contributed by atoms with Crippen LogP contribution in [0.4, 0.5) is 0 Å². The molecule has 2 aromatic carbocycles. The lowest BCUT2D eigenvalue weighted by Gasteiger charge is -2.05. The summed E-state index contributed by atoms with van der Waals surface area (Å²) in [6, 6.07) is 14.0. The van der Waals surface area contributed by atoms with Gasteiger partial charge >= 0.3 is 5.97 Å². The molecule has 0 fully saturated rings. The summed E-state index contributed by atoms with van der Waals surface area (Å²) >= 11 is 0. The molecule has 0 unspecified atom stereocenters. The summed E-state index contributed by atoms with van der Waals surface area (Å²) in [6.07, 6.45) is 5.40. The zero-order valence-corrected chi connectivity index (χ0v) is 15.7. The first-order chi connectivity index (χ1) is 13.0.